The number of alkyl halides is 2. The van der Waals surface area contributed by atoms with Crippen LogP contribution in [0.1, 0.15) is 53.3 Å². The van der Waals surface area contributed by atoms with Gasteiger partial charge in [0.05, 0.1) is 6.04 Å². The molecule has 2 aromatic rings. The van der Waals surface area contributed by atoms with E-state index < -0.39 is 12.5 Å². The first-order chi connectivity index (χ1) is 13.0. The van der Waals surface area contributed by atoms with Gasteiger partial charge in [0.1, 0.15) is 6.04 Å². The minimum Gasteiger partial charge on any atom is -0.354 e. The number of rotatable bonds is 7. The maximum Gasteiger partial charge on any atom is 0.255 e. The van der Waals surface area contributed by atoms with E-state index in [1.54, 1.807) is 29.2 Å². The van der Waals surface area contributed by atoms with Gasteiger partial charge in [0.15, 0.2) is 0 Å². The summed E-state index contributed by atoms with van der Waals surface area (Å²) in [5, 5.41) is 2.71. The highest BCUT2D eigenvalue weighted by molar-refractivity contribution is 6.04. The first-order valence-electron chi connectivity index (χ1n) is 9.03. The molecule has 1 unspecified atom stereocenters. The third-order valence-corrected chi connectivity index (χ3v) is 4.84. The third kappa shape index (κ3) is 3.99. The molecule has 27 heavy (non-hydrogen) atoms. The maximum absolute atomic E-state index is 13.0. The fraction of sp³-hybridized carbons (Fsp3) is 0.333. The van der Waals surface area contributed by atoms with Gasteiger partial charge in [0.2, 0.25) is 12.3 Å². The van der Waals surface area contributed by atoms with Crippen molar-refractivity contribution in [2.45, 2.75) is 38.3 Å². The molecule has 2 atom stereocenters. The molecule has 3 rings (SSSR count). The number of hydrogen-bond donors (Lipinski definition) is 1. The SMILES string of the molecule is C[C@H](c1ccccc1)N1C(=O)c2ccccc2C1C(=O)NCCCC(F)F. The number of halogens is 2. The molecule has 1 N–H and O–H groups in total. The molecule has 2 amide bonds. The van der Waals surface area contributed by atoms with Crippen molar-refractivity contribution in [2.75, 3.05) is 6.54 Å². The molecular formula is C21H22F2N2O2. The van der Waals surface area contributed by atoms with Gasteiger partial charge in [-0.25, -0.2) is 8.78 Å². The number of carbonyl (C=O) groups is 2. The van der Waals surface area contributed by atoms with Crippen molar-refractivity contribution in [3.63, 3.8) is 0 Å². The molecule has 0 spiro atoms. The zero-order chi connectivity index (χ0) is 19.4. The number of fused-ring (bicyclic) bond motifs is 1. The zero-order valence-electron chi connectivity index (χ0n) is 15.1. The van der Waals surface area contributed by atoms with Gasteiger partial charge in [0.25, 0.3) is 5.91 Å². The lowest BCUT2D eigenvalue weighted by Gasteiger charge is -2.31. The molecule has 0 radical (unpaired) electrons. The largest absolute Gasteiger partial charge is 0.354 e. The first-order valence-corrected chi connectivity index (χ1v) is 9.03. The second kappa shape index (κ2) is 8.29. The number of amides is 2. The number of nitrogens with zero attached hydrogens (tertiary/aromatic N) is 1. The second-order valence-electron chi connectivity index (χ2n) is 6.61. The zero-order valence-corrected chi connectivity index (χ0v) is 15.1. The topological polar surface area (TPSA) is 49.4 Å². The lowest BCUT2D eigenvalue weighted by atomic mass is 10.0. The van der Waals surface area contributed by atoms with E-state index in [0.29, 0.717) is 11.1 Å². The van der Waals surface area contributed by atoms with Gasteiger partial charge < -0.3 is 10.2 Å². The highest BCUT2D eigenvalue weighted by Crippen LogP contribution is 2.39. The van der Waals surface area contributed by atoms with Crippen LogP contribution in [-0.4, -0.2) is 29.7 Å². The quantitative estimate of drug-likeness (QED) is 0.744. The molecule has 0 fully saturated rings. The smallest absolute Gasteiger partial charge is 0.255 e. The fourth-order valence-corrected chi connectivity index (χ4v) is 3.46. The Labute approximate surface area is 157 Å². The van der Waals surface area contributed by atoms with E-state index >= 15 is 0 Å². The standard InChI is InChI=1S/C21H22F2N2O2/c1-14(15-8-3-2-4-9-15)25-19(20(26)24-13-7-12-18(22)23)16-10-5-6-11-17(16)21(25)27/h2-6,8-11,14,18-19H,7,12-13H2,1H3,(H,24,26)/t14-,19?/m1/s1. The summed E-state index contributed by atoms with van der Waals surface area (Å²) in [5.41, 5.74) is 2.08. The van der Waals surface area contributed by atoms with Gasteiger partial charge in [0, 0.05) is 18.5 Å². The van der Waals surface area contributed by atoms with Crippen LogP contribution in [0.15, 0.2) is 54.6 Å². The van der Waals surface area contributed by atoms with E-state index in [1.807, 2.05) is 37.3 Å². The lowest BCUT2D eigenvalue weighted by Crippen LogP contribution is -2.40. The Bertz CT molecular complexity index is 811. The Morgan fingerprint density at radius 3 is 2.48 bits per heavy atom. The second-order valence-corrected chi connectivity index (χ2v) is 6.61. The Kier molecular flexibility index (Phi) is 5.84. The molecule has 1 heterocycles. The fourth-order valence-electron chi connectivity index (χ4n) is 3.46. The Morgan fingerprint density at radius 1 is 1.11 bits per heavy atom. The highest BCUT2D eigenvalue weighted by Gasteiger charge is 2.43. The molecule has 0 saturated heterocycles. The van der Waals surface area contributed by atoms with Crippen molar-refractivity contribution < 1.29 is 18.4 Å². The number of carbonyl (C=O) groups excluding carboxylic acids is 2. The molecule has 0 aromatic heterocycles. The normalized spacial score (nSPS) is 17.1. The Morgan fingerprint density at radius 2 is 1.78 bits per heavy atom. The summed E-state index contributed by atoms with van der Waals surface area (Å²) in [5.74, 6) is -0.542. The summed E-state index contributed by atoms with van der Waals surface area (Å²) in [7, 11) is 0. The molecule has 6 heteroatoms. The molecule has 142 valence electrons. The number of benzene rings is 2. The molecule has 0 bridgehead atoms. The summed E-state index contributed by atoms with van der Waals surface area (Å²) in [6.45, 7) is 2.04. The molecule has 4 nitrogen and oxygen atoms in total. The Hall–Kier alpha value is -2.76. The molecule has 0 saturated carbocycles. The van der Waals surface area contributed by atoms with Crippen LogP contribution in [-0.2, 0) is 4.79 Å². The molecule has 1 aliphatic heterocycles. The van der Waals surface area contributed by atoms with Crippen molar-refractivity contribution >= 4 is 11.8 Å². The van der Waals surface area contributed by atoms with Crippen molar-refractivity contribution in [1.82, 2.24) is 10.2 Å². The van der Waals surface area contributed by atoms with Gasteiger partial charge >= 0.3 is 0 Å². The van der Waals surface area contributed by atoms with E-state index in [-0.39, 0.29) is 37.2 Å². The molecule has 1 aliphatic rings. The minimum atomic E-state index is -2.38. The summed E-state index contributed by atoms with van der Waals surface area (Å²) < 4.78 is 24.6. The van der Waals surface area contributed by atoms with Crippen molar-refractivity contribution in [3.8, 4) is 0 Å². The third-order valence-electron chi connectivity index (χ3n) is 4.84. The van der Waals surface area contributed by atoms with Crippen LogP contribution in [0.2, 0.25) is 0 Å². The summed E-state index contributed by atoms with van der Waals surface area (Å²) in [6.07, 6.45) is -2.45. The van der Waals surface area contributed by atoms with Crippen LogP contribution >= 0.6 is 0 Å². The predicted octanol–water partition coefficient (Wildman–Crippen LogP) is 4.11. The number of nitrogens with one attached hydrogen (secondary N) is 1. The summed E-state index contributed by atoms with van der Waals surface area (Å²) in [6, 6.07) is 15.5. The molecular weight excluding hydrogens is 350 g/mol. The molecule has 2 aromatic carbocycles. The van der Waals surface area contributed by atoms with Crippen LogP contribution < -0.4 is 5.32 Å². The van der Waals surface area contributed by atoms with Crippen molar-refractivity contribution in [1.29, 1.82) is 0 Å². The van der Waals surface area contributed by atoms with Crippen LogP contribution in [0.3, 0.4) is 0 Å². The maximum atomic E-state index is 13.0. The van der Waals surface area contributed by atoms with Gasteiger partial charge in [-0.1, -0.05) is 48.5 Å². The Balaban J connectivity index is 1.85. The predicted molar refractivity (Wildman–Crippen MR) is 98.5 cm³/mol. The van der Waals surface area contributed by atoms with Crippen LogP contribution in [0, 0.1) is 0 Å². The van der Waals surface area contributed by atoms with E-state index in [9.17, 15) is 18.4 Å². The van der Waals surface area contributed by atoms with Gasteiger partial charge in [-0.05, 0) is 30.5 Å². The van der Waals surface area contributed by atoms with E-state index in [4.69, 9.17) is 0 Å². The van der Waals surface area contributed by atoms with Gasteiger partial charge in [-0.15, -0.1) is 0 Å². The molecule has 0 aliphatic carbocycles. The minimum absolute atomic E-state index is 0.156. The average Bonchev–Trinajstić information content (AvgIpc) is 2.98. The van der Waals surface area contributed by atoms with E-state index in [2.05, 4.69) is 5.32 Å². The van der Waals surface area contributed by atoms with Gasteiger partial charge in [-0.2, -0.15) is 0 Å². The monoisotopic (exact) mass is 372 g/mol. The summed E-state index contributed by atoms with van der Waals surface area (Å²) >= 11 is 0. The lowest BCUT2D eigenvalue weighted by molar-refractivity contribution is -0.126. The highest BCUT2D eigenvalue weighted by atomic mass is 19.3. The van der Waals surface area contributed by atoms with Crippen LogP contribution in [0.5, 0.6) is 0 Å². The van der Waals surface area contributed by atoms with Crippen molar-refractivity contribution in [3.05, 3.63) is 71.3 Å². The number of hydrogen-bond acceptors (Lipinski definition) is 2. The summed E-state index contributed by atoms with van der Waals surface area (Å²) in [4.78, 5) is 27.4. The van der Waals surface area contributed by atoms with Crippen LogP contribution in [0.25, 0.3) is 0 Å². The van der Waals surface area contributed by atoms with Gasteiger partial charge in [-0.3, -0.25) is 9.59 Å². The average molecular weight is 372 g/mol. The first kappa shape index (κ1) is 19.0. The van der Waals surface area contributed by atoms with E-state index in [1.165, 1.54) is 0 Å². The van der Waals surface area contributed by atoms with E-state index in [0.717, 1.165) is 5.56 Å². The van der Waals surface area contributed by atoms with Crippen molar-refractivity contribution in [2.24, 2.45) is 0 Å². The van der Waals surface area contributed by atoms with Crippen LogP contribution in [0.4, 0.5) is 8.78 Å².